The number of nitrogens with zero attached hydrogens (tertiary/aromatic N) is 7. The second-order valence-corrected chi connectivity index (χ2v) is 8.17. The Hall–Kier alpha value is -5.20. The van der Waals surface area contributed by atoms with E-state index in [1.165, 1.54) is 40.7 Å². The lowest BCUT2D eigenvalue weighted by Crippen LogP contribution is -2.56. The number of aromatic nitrogens is 2. The van der Waals surface area contributed by atoms with Gasteiger partial charge in [0.05, 0.1) is 34.4 Å². The number of hydrogen-bond acceptors (Lipinski definition) is 10. The van der Waals surface area contributed by atoms with Crippen LogP contribution in [0.3, 0.4) is 0 Å². The van der Waals surface area contributed by atoms with Gasteiger partial charge < -0.3 is 26.4 Å². The number of H-pyrrole nitrogens is 1. The number of carbonyl (C=O) groups is 2. The van der Waals surface area contributed by atoms with Crippen LogP contribution in [0.2, 0.25) is 0 Å². The molecule has 3 rings (SSSR count). The molecule has 2 aromatic rings. The van der Waals surface area contributed by atoms with Gasteiger partial charge in [-0.05, 0) is 19.1 Å². The molecule has 1 fully saturated rings. The van der Waals surface area contributed by atoms with Gasteiger partial charge in [0.2, 0.25) is 5.96 Å². The van der Waals surface area contributed by atoms with Crippen molar-refractivity contribution in [3.63, 3.8) is 0 Å². The summed E-state index contributed by atoms with van der Waals surface area (Å²) < 4.78 is 14.7. The maximum atomic E-state index is 14.7. The Morgan fingerprint density at radius 1 is 1.28 bits per heavy atom. The third-order valence-corrected chi connectivity index (χ3v) is 5.98. The number of anilines is 1. The second kappa shape index (κ2) is 12.4. The van der Waals surface area contributed by atoms with Crippen molar-refractivity contribution in [2.24, 2.45) is 28.4 Å². The fourth-order valence-electron chi connectivity index (χ4n) is 3.98. The Labute approximate surface area is 223 Å². The zero-order chi connectivity index (χ0) is 28.7. The highest BCUT2D eigenvalue weighted by molar-refractivity contribution is 6.45. The predicted octanol–water partition coefficient (Wildman–Crippen LogP) is 0.0841. The normalized spacial score (nSPS) is 15.0. The lowest BCUT2D eigenvalue weighted by molar-refractivity contribution is -0.127. The van der Waals surface area contributed by atoms with Gasteiger partial charge in [-0.3, -0.25) is 14.6 Å². The highest BCUT2D eigenvalue weighted by atomic mass is 19.1. The molecular weight excluding hydrogens is 507 g/mol. The summed E-state index contributed by atoms with van der Waals surface area (Å²) in [5.41, 5.74) is 6.06. The number of ketones is 1. The molecule has 0 radical (unpaired) electrons. The second-order valence-electron chi connectivity index (χ2n) is 8.17. The summed E-state index contributed by atoms with van der Waals surface area (Å²) in [7, 11) is 0. The lowest BCUT2D eigenvalue weighted by Gasteiger charge is -2.38. The van der Waals surface area contributed by atoms with Crippen LogP contribution < -0.4 is 28.3 Å². The zero-order valence-corrected chi connectivity index (χ0v) is 21.2. The first-order valence-electron chi connectivity index (χ1n) is 11.6. The van der Waals surface area contributed by atoms with E-state index in [9.17, 15) is 19.2 Å². The van der Waals surface area contributed by atoms with Crippen LogP contribution in [-0.4, -0.2) is 68.6 Å². The van der Waals surface area contributed by atoms with E-state index < -0.39 is 17.5 Å². The number of fused-ring (bicyclic) bond motifs is 1. The Bertz CT molecular complexity index is 1430. The number of aromatic amines is 1. The van der Waals surface area contributed by atoms with Crippen LogP contribution in [-0.2, 0) is 4.79 Å². The molecule has 15 heteroatoms. The number of nitrogens with two attached hydrogens (primary N) is 4. The molecule has 3 heterocycles. The summed E-state index contributed by atoms with van der Waals surface area (Å²) in [5, 5.41) is 15.1. The quantitative estimate of drug-likeness (QED) is 0.0467. The number of hydrazine groups is 2. The summed E-state index contributed by atoms with van der Waals surface area (Å²) >= 11 is 0. The fraction of sp³-hybridized carbons (Fsp3) is 0.208. The van der Waals surface area contributed by atoms with E-state index in [1.54, 1.807) is 17.9 Å². The van der Waals surface area contributed by atoms with Crippen molar-refractivity contribution in [3.05, 3.63) is 72.3 Å². The highest BCUT2D eigenvalue weighted by Crippen LogP contribution is 2.28. The van der Waals surface area contributed by atoms with Crippen molar-refractivity contribution in [2.75, 3.05) is 31.2 Å². The Morgan fingerprint density at radius 3 is 2.51 bits per heavy atom. The number of carbonyl (C=O) groups excluding carboxylic acids is 2. The maximum Gasteiger partial charge on any atom is 0.295 e. The minimum absolute atomic E-state index is 0.109. The number of nitriles is 1. The van der Waals surface area contributed by atoms with E-state index in [4.69, 9.17) is 23.3 Å². The van der Waals surface area contributed by atoms with E-state index in [-0.39, 0.29) is 54.4 Å². The van der Waals surface area contributed by atoms with E-state index in [0.717, 1.165) is 11.2 Å². The largest absolute Gasteiger partial charge is 0.403 e. The van der Waals surface area contributed by atoms with E-state index >= 15 is 0 Å². The summed E-state index contributed by atoms with van der Waals surface area (Å²) in [6.45, 7) is 6.18. The van der Waals surface area contributed by atoms with Crippen LogP contribution in [0.15, 0.2) is 66.0 Å². The molecule has 39 heavy (non-hydrogen) atoms. The Morgan fingerprint density at radius 2 is 1.95 bits per heavy atom. The molecule has 0 unspecified atom stereocenters. The molecular formula is C24H29FN12O2. The van der Waals surface area contributed by atoms with Crippen LogP contribution >= 0.6 is 0 Å². The lowest BCUT2D eigenvalue weighted by atomic mass is 10.1. The number of Topliss-reactive ketones (excluding diaryl/α,β-unsaturated/α-hetero) is 1. The number of allylic oxidation sites excluding steroid dienone is 4. The number of nitrogens with one attached hydrogen (secondary N) is 1. The van der Waals surface area contributed by atoms with E-state index in [0.29, 0.717) is 11.3 Å². The number of pyridine rings is 1. The van der Waals surface area contributed by atoms with Gasteiger partial charge in [-0.15, -0.1) is 5.10 Å². The van der Waals surface area contributed by atoms with Gasteiger partial charge in [0.15, 0.2) is 11.6 Å². The molecule has 0 saturated carbocycles. The van der Waals surface area contributed by atoms with Crippen molar-refractivity contribution in [3.8, 4) is 6.07 Å². The molecule has 0 spiro atoms. The van der Waals surface area contributed by atoms with Crippen LogP contribution in [0.1, 0.15) is 17.3 Å². The minimum Gasteiger partial charge on any atom is -0.403 e. The van der Waals surface area contributed by atoms with Crippen molar-refractivity contribution in [1.29, 1.82) is 5.26 Å². The molecule has 2 aromatic heterocycles. The maximum absolute atomic E-state index is 14.7. The Kier molecular flexibility index (Phi) is 8.99. The fourth-order valence-corrected chi connectivity index (χ4v) is 3.98. The van der Waals surface area contributed by atoms with Crippen LogP contribution in [0.4, 0.5) is 10.2 Å². The number of hydrogen-bond donors (Lipinski definition) is 5. The van der Waals surface area contributed by atoms with Gasteiger partial charge >= 0.3 is 0 Å². The molecule has 1 aliphatic heterocycles. The standard InChI is InChI=1S/C24H29FN12O2/c1-3-15(12-27)11-16(4-2)37(30)24(33-28)35-9-7-34(8-10-35)23(39)21(38)17-13-31-20-19(17)18(25)14-32-22(20)36(29)6-5-26/h3-6,11,13-14,31H,2,7-10,26,28-30H2,1H3/b6-5-,15-3+,16-11+,33-24-. The monoisotopic (exact) mass is 536 g/mol. The molecule has 9 N–H and O–H groups in total. The van der Waals surface area contributed by atoms with Crippen molar-refractivity contribution >= 4 is 34.4 Å². The molecule has 0 atom stereocenters. The smallest absolute Gasteiger partial charge is 0.295 e. The van der Waals surface area contributed by atoms with Crippen molar-refractivity contribution in [2.45, 2.75) is 6.92 Å². The molecule has 204 valence electrons. The van der Waals surface area contributed by atoms with E-state index in [2.05, 4.69) is 21.6 Å². The highest BCUT2D eigenvalue weighted by Gasteiger charge is 2.31. The first-order valence-corrected chi connectivity index (χ1v) is 11.6. The van der Waals surface area contributed by atoms with E-state index in [1.807, 2.05) is 6.07 Å². The zero-order valence-electron chi connectivity index (χ0n) is 21.2. The number of amides is 1. The average Bonchev–Trinajstić information content (AvgIpc) is 3.40. The molecule has 0 bridgehead atoms. The number of rotatable bonds is 7. The van der Waals surface area contributed by atoms with Gasteiger partial charge in [-0.2, -0.15) is 5.26 Å². The van der Waals surface area contributed by atoms with Crippen LogP contribution in [0.5, 0.6) is 0 Å². The van der Waals surface area contributed by atoms with Gasteiger partial charge in [-0.1, -0.05) is 12.7 Å². The van der Waals surface area contributed by atoms with Gasteiger partial charge in [0.25, 0.3) is 11.7 Å². The number of piperazine rings is 1. The first-order chi connectivity index (χ1) is 18.7. The molecule has 1 aliphatic rings. The summed E-state index contributed by atoms with van der Waals surface area (Å²) in [5.74, 6) is 15.4. The van der Waals surface area contributed by atoms with Crippen molar-refractivity contribution in [1.82, 2.24) is 24.8 Å². The third kappa shape index (κ3) is 5.71. The minimum atomic E-state index is -0.899. The molecule has 0 aliphatic carbocycles. The SMILES string of the molecule is C=C/C(=C\C(C#N)=C/C)N(N)/C(=N\N)N1CCN(C(=O)C(=O)c2c[nH]c3c(N(N)/C=C\N)ncc(F)c23)CC1. The van der Waals surface area contributed by atoms with Gasteiger partial charge in [-0.25, -0.2) is 26.1 Å². The molecule has 14 nitrogen and oxygen atoms in total. The Balaban J connectivity index is 1.77. The summed E-state index contributed by atoms with van der Waals surface area (Å²) in [4.78, 5) is 36.0. The summed E-state index contributed by atoms with van der Waals surface area (Å²) in [6, 6.07) is 2.03. The van der Waals surface area contributed by atoms with Gasteiger partial charge in [0, 0.05) is 50.3 Å². The molecule has 0 aromatic carbocycles. The van der Waals surface area contributed by atoms with Crippen LogP contribution in [0.25, 0.3) is 10.9 Å². The molecule has 1 amide bonds. The van der Waals surface area contributed by atoms with Crippen molar-refractivity contribution < 1.29 is 14.0 Å². The van der Waals surface area contributed by atoms with Gasteiger partial charge in [0.1, 0.15) is 0 Å². The van der Waals surface area contributed by atoms with Crippen LogP contribution in [0, 0.1) is 17.1 Å². The number of halogens is 1. The number of guanidine groups is 1. The third-order valence-electron chi connectivity index (χ3n) is 5.98. The average molecular weight is 537 g/mol. The molecule has 1 saturated heterocycles. The predicted molar refractivity (Wildman–Crippen MR) is 144 cm³/mol. The topological polar surface area (TPSA) is 216 Å². The number of hydrazone groups is 1. The first kappa shape index (κ1) is 28.4. The summed E-state index contributed by atoms with van der Waals surface area (Å²) in [6.07, 6.45) is 9.19.